The lowest BCUT2D eigenvalue weighted by atomic mass is 10.0. The molecule has 0 radical (unpaired) electrons. The van der Waals surface area contributed by atoms with E-state index < -0.39 is 0 Å². The summed E-state index contributed by atoms with van der Waals surface area (Å²) in [6.45, 7) is 8.10. The molecule has 0 aromatic heterocycles. The van der Waals surface area contributed by atoms with Gasteiger partial charge in [0, 0.05) is 11.1 Å². The van der Waals surface area contributed by atoms with Crippen LogP contribution in [0.3, 0.4) is 0 Å². The van der Waals surface area contributed by atoms with Gasteiger partial charge in [0.05, 0.1) is 0 Å². The van der Waals surface area contributed by atoms with Crippen molar-refractivity contribution in [1.82, 2.24) is 5.32 Å². The maximum atomic E-state index is 5.95. The summed E-state index contributed by atoms with van der Waals surface area (Å²) >= 11 is 5.95. The molecule has 2 heteroatoms. The van der Waals surface area contributed by atoms with E-state index in [-0.39, 0.29) is 0 Å². The average Bonchev–Trinajstić information content (AvgIpc) is 2.94. The van der Waals surface area contributed by atoms with Crippen molar-refractivity contribution in [1.29, 1.82) is 0 Å². The molecule has 1 aliphatic rings. The Morgan fingerprint density at radius 1 is 1.33 bits per heavy atom. The van der Waals surface area contributed by atoms with Gasteiger partial charge in [0.25, 0.3) is 0 Å². The van der Waals surface area contributed by atoms with Gasteiger partial charge in [-0.25, -0.2) is 0 Å². The highest BCUT2D eigenvalue weighted by Gasteiger charge is 2.45. The van der Waals surface area contributed by atoms with Gasteiger partial charge in [-0.15, -0.1) is 0 Å². The zero-order chi connectivity index (χ0) is 13.2. The van der Waals surface area contributed by atoms with Crippen molar-refractivity contribution in [2.45, 2.75) is 46.1 Å². The molecule has 0 spiro atoms. The highest BCUT2D eigenvalue weighted by molar-refractivity contribution is 6.30. The van der Waals surface area contributed by atoms with E-state index in [4.69, 9.17) is 11.6 Å². The molecule has 0 heterocycles. The van der Waals surface area contributed by atoms with Crippen molar-refractivity contribution in [2.24, 2.45) is 11.3 Å². The molecule has 2 atom stereocenters. The molecule has 1 aromatic carbocycles. The quantitative estimate of drug-likeness (QED) is 0.778. The summed E-state index contributed by atoms with van der Waals surface area (Å²) in [7, 11) is 0. The van der Waals surface area contributed by atoms with Crippen LogP contribution in [0.1, 0.15) is 51.6 Å². The molecule has 0 amide bonds. The fraction of sp³-hybridized carbons (Fsp3) is 0.625. The Bertz CT molecular complexity index is 383. The highest BCUT2D eigenvalue weighted by Crippen LogP contribution is 2.51. The second-order valence-corrected chi connectivity index (χ2v) is 6.63. The summed E-state index contributed by atoms with van der Waals surface area (Å²) in [4.78, 5) is 0. The Morgan fingerprint density at radius 3 is 2.44 bits per heavy atom. The fourth-order valence-electron chi connectivity index (χ4n) is 2.58. The molecule has 1 aromatic rings. The SMILES string of the molecule is CCCC(NCC1CC1(C)C)c1ccc(Cl)cc1. The second-order valence-electron chi connectivity index (χ2n) is 6.19. The minimum atomic E-state index is 0.476. The summed E-state index contributed by atoms with van der Waals surface area (Å²) in [5, 5.41) is 4.55. The predicted molar refractivity (Wildman–Crippen MR) is 79.0 cm³/mol. The minimum absolute atomic E-state index is 0.476. The molecular weight excluding hydrogens is 242 g/mol. The van der Waals surface area contributed by atoms with E-state index in [9.17, 15) is 0 Å². The van der Waals surface area contributed by atoms with Crippen LogP contribution < -0.4 is 5.32 Å². The predicted octanol–water partition coefficient (Wildman–Crippen LogP) is 4.82. The van der Waals surface area contributed by atoms with Gasteiger partial charge in [0.1, 0.15) is 0 Å². The molecule has 1 fully saturated rings. The topological polar surface area (TPSA) is 12.0 Å². The average molecular weight is 266 g/mol. The first-order valence-electron chi connectivity index (χ1n) is 7.02. The first-order chi connectivity index (χ1) is 8.53. The summed E-state index contributed by atoms with van der Waals surface area (Å²) in [5.41, 5.74) is 1.92. The van der Waals surface area contributed by atoms with Crippen LogP contribution in [-0.2, 0) is 0 Å². The monoisotopic (exact) mass is 265 g/mol. The van der Waals surface area contributed by atoms with E-state index in [1.165, 1.54) is 24.8 Å². The summed E-state index contributed by atoms with van der Waals surface area (Å²) in [6, 6.07) is 8.75. The normalized spacial score (nSPS) is 22.8. The fourth-order valence-corrected chi connectivity index (χ4v) is 2.71. The Kier molecular flexibility index (Phi) is 4.34. The summed E-state index contributed by atoms with van der Waals surface area (Å²) in [5.74, 6) is 0.851. The van der Waals surface area contributed by atoms with Crippen LogP contribution in [0.15, 0.2) is 24.3 Å². The van der Waals surface area contributed by atoms with E-state index in [0.717, 1.165) is 17.5 Å². The van der Waals surface area contributed by atoms with Crippen LogP contribution in [0.5, 0.6) is 0 Å². The van der Waals surface area contributed by atoms with Gasteiger partial charge in [-0.05, 0) is 48.4 Å². The van der Waals surface area contributed by atoms with Crippen LogP contribution in [-0.4, -0.2) is 6.54 Å². The van der Waals surface area contributed by atoms with Crippen molar-refractivity contribution in [3.8, 4) is 0 Å². The van der Waals surface area contributed by atoms with Crippen molar-refractivity contribution in [2.75, 3.05) is 6.54 Å². The molecular formula is C16H24ClN. The van der Waals surface area contributed by atoms with Crippen LogP contribution in [0.4, 0.5) is 0 Å². The number of hydrogen-bond donors (Lipinski definition) is 1. The molecule has 0 saturated heterocycles. The van der Waals surface area contributed by atoms with E-state index in [1.807, 2.05) is 12.1 Å². The van der Waals surface area contributed by atoms with Gasteiger partial charge in [-0.2, -0.15) is 0 Å². The molecule has 2 unspecified atom stereocenters. The molecule has 0 bridgehead atoms. The number of hydrogen-bond acceptors (Lipinski definition) is 1. The lowest BCUT2D eigenvalue weighted by molar-refractivity contribution is 0.448. The Labute approximate surface area is 116 Å². The van der Waals surface area contributed by atoms with E-state index >= 15 is 0 Å². The lowest BCUT2D eigenvalue weighted by Crippen LogP contribution is -2.24. The third kappa shape index (κ3) is 3.49. The molecule has 2 rings (SSSR count). The Hall–Kier alpha value is -0.530. The maximum Gasteiger partial charge on any atom is 0.0406 e. The number of benzene rings is 1. The largest absolute Gasteiger partial charge is 0.310 e. The van der Waals surface area contributed by atoms with Crippen molar-refractivity contribution in [3.63, 3.8) is 0 Å². The standard InChI is InChI=1S/C16H24ClN/c1-4-5-15(12-6-8-14(17)9-7-12)18-11-13-10-16(13,2)3/h6-9,13,15,18H,4-5,10-11H2,1-3H3. The van der Waals surface area contributed by atoms with E-state index in [0.29, 0.717) is 11.5 Å². The Morgan fingerprint density at radius 2 is 1.94 bits per heavy atom. The summed E-state index contributed by atoms with van der Waals surface area (Å²) in [6.07, 6.45) is 3.75. The van der Waals surface area contributed by atoms with Gasteiger partial charge in [0.15, 0.2) is 0 Å². The van der Waals surface area contributed by atoms with Crippen molar-refractivity contribution < 1.29 is 0 Å². The van der Waals surface area contributed by atoms with E-state index in [2.05, 4.69) is 38.2 Å². The van der Waals surface area contributed by atoms with Crippen LogP contribution in [0.2, 0.25) is 5.02 Å². The van der Waals surface area contributed by atoms with Gasteiger partial charge < -0.3 is 5.32 Å². The van der Waals surface area contributed by atoms with Crippen molar-refractivity contribution >= 4 is 11.6 Å². The Balaban J connectivity index is 1.93. The zero-order valence-electron chi connectivity index (χ0n) is 11.7. The number of rotatable bonds is 6. The van der Waals surface area contributed by atoms with E-state index in [1.54, 1.807) is 0 Å². The van der Waals surface area contributed by atoms with Gasteiger partial charge in [0.2, 0.25) is 0 Å². The smallest absolute Gasteiger partial charge is 0.0406 e. The van der Waals surface area contributed by atoms with Gasteiger partial charge >= 0.3 is 0 Å². The highest BCUT2D eigenvalue weighted by atomic mass is 35.5. The second kappa shape index (κ2) is 5.63. The molecule has 100 valence electrons. The van der Waals surface area contributed by atoms with Gasteiger partial charge in [-0.1, -0.05) is 50.9 Å². The molecule has 1 aliphatic carbocycles. The molecule has 1 saturated carbocycles. The molecule has 1 nitrogen and oxygen atoms in total. The number of halogens is 1. The molecule has 18 heavy (non-hydrogen) atoms. The molecule has 0 aliphatic heterocycles. The lowest BCUT2D eigenvalue weighted by Gasteiger charge is -2.19. The summed E-state index contributed by atoms with van der Waals surface area (Å²) < 4.78 is 0. The van der Waals surface area contributed by atoms with Crippen molar-refractivity contribution in [3.05, 3.63) is 34.9 Å². The number of nitrogens with one attached hydrogen (secondary N) is 1. The van der Waals surface area contributed by atoms with Crippen LogP contribution in [0, 0.1) is 11.3 Å². The van der Waals surface area contributed by atoms with Gasteiger partial charge in [-0.3, -0.25) is 0 Å². The molecule has 1 N–H and O–H groups in total. The van der Waals surface area contributed by atoms with Crippen LogP contribution in [0.25, 0.3) is 0 Å². The minimum Gasteiger partial charge on any atom is -0.310 e. The third-order valence-electron chi connectivity index (χ3n) is 4.18. The maximum absolute atomic E-state index is 5.95. The first-order valence-corrected chi connectivity index (χ1v) is 7.39. The van der Waals surface area contributed by atoms with Crippen LogP contribution >= 0.6 is 11.6 Å². The zero-order valence-corrected chi connectivity index (χ0v) is 12.4. The first kappa shape index (κ1) is 13.9. The third-order valence-corrected chi connectivity index (χ3v) is 4.43.